The summed E-state index contributed by atoms with van der Waals surface area (Å²) in [5, 5.41) is 19.7. The number of hydrogen-bond acceptors (Lipinski definition) is 6. The van der Waals surface area contributed by atoms with Crippen molar-refractivity contribution in [3.63, 3.8) is 0 Å². The van der Waals surface area contributed by atoms with Gasteiger partial charge in [0.2, 0.25) is 10.0 Å². The minimum atomic E-state index is -4.20. The molecule has 0 saturated carbocycles. The summed E-state index contributed by atoms with van der Waals surface area (Å²) in [6.45, 7) is -0.255. The van der Waals surface area contributed by atoms with Gasteiger partial charge in [0.1, 0.15) is 5.82 Å². The third-order valence-electron chi connectivity index (χ3n) is 2.91. The first-order valence-corrected chi connectivity index (χ1v) is 7.25. The molecular weight excluding hydrogens is 305 g/mol. The van der Waals surface area contributed by atoms with Gasteiger partial charge < -0.3 is 4.74 Å². The Morgan fingerprint density at radius 1 is 1.52 bits per heavy atom. The highest BCUT2D eigenvalue weighted by atomic mass is 32.2. The van der Waals surface area contributed by atoms with E-state index in [1.165, 1.54) is 0 Å². The number of rotatable bonds is 3. The molecule has 0 bridgehead atoms. The van der Waals surface area contributed by atoms with Crippen molar-refractivity contribution in [2.45, 2.75) is 11.0 Å². The molecule has 1 aromatic carbocycles. The average Bonchev–Trinajstić information content (AvgIpc) is 2.46. The van der Waals surface area contributed by atoms with Gasteiger partial charge in [-0.3, -0.25) is 10.1 Å². The zero-order valence-corrected chi connectivity index (χ0v) is 11.4. The second kappa shape index (κ2) is 5.72. The third kappa shape index (κ3) is 2.99. The van der Waals surface area contributed by atoms with Crippen LogP contribution in [0.4, 0.5) is 10.1 Å². The predicted octanol–water partition coefficient (Wildman–Crippen LogP) is 0.647. The van der Waals surface area contributed by atoms with E-state index in [1.807, 2.05) is 0 Å². The standard InChI is InChI=1S/C11H10FN3O5S/c12-8-1-2-11(10(5-8)15(16)17)21(18,19)14-3-4-20-9(6-13)7-14/h1-2,5,9H,3-4,7H2. The Kier molecular flexibility index (Phi) is 4.17. The minimum Gasteiger partial charge on any atom is -0.361 e. The fourth-order valence-corrected chi connectivity index (χ4v) is 3.48. The molecule has 2 rings (SSSR count). The molecule has 0 N–H and O–H groups in total. The monoisotopic (exact) mass is 315 g/mol. The molecule has 1 atom stereocenters. The third-order valence-corrected chi connectivity index (χ3v) is 4.82. The quantitative estimate of drug-likeness (QED) is 0.597. The van der Waals surface area contributed by atoms with Gasteiger partial charge in [-0.1, -0.05) is 0 Å². The van der Waals surface area contributed by atoms with Crippen LogP contribution in [-0.4, -0.2) is 43.4 Å². The molecule has 21 heavy (non-hydrogen) atoms. The number of morpholine rings is 1. The molecule has 8 nitrogen and oxygen atoms in total. The molecule has 0 amide bonds. The van der Waals surface area contributed by atoms with Gasteiger partial charge in [-0.05, 0) is 12.1 Å². The van der Waals surface area contributed by atoms with Crippen LogP contribution in [-0.2, 0) is 14.8 Å². The fourth-order valence-electron chi connectivity index (χ4n) is 1.91. The maximum Gasteiger partial charge on any atom is 0.292 e. The maximum atomic E-state index is 13.1. The van der Waals surface area contributed by atoms with Crippen molar-refractivity contribution in [3.8, 4) is 6.07 Å². The van der Waals surface area contributed by atoms with E-state index < -0.39 is 37.5 Å². The Bertz CT molecular complexity index is 715. The van der Waals surface area contributed by atoms with Gasteiger partial charge in [0.15, 0.2) is 11.0 Å². The molecule has 0 aliphatic carbocycles. The summed E-state index contributed by atoms with van der Waals surface area (Å²) in [5.41, 5.74) is -0.838. The van der Waals surface area contributed by atoms with Crippen LogP contribution in [0.25, 0.3) is 0 Å². The largest absolute Gasteiger partial charge is 0.361 e. The van der Waals surface area contributed by atoms with Crippen LogP contribution in [0.2, 0.25) is 0 Å². The van der Waals surface area contributed by atoms with Crippen LogP contribution in [0.1, 0.15) is 0 Å². The fraction of sp³-hybridized carbons (Fsp3) is 0.364. The lowest BCUT2D eigenvalue weighted by Crippen LogP contribution is -2.45. The van der Waals surface area contributed by atoms with E-state index in [9.17, 15) is 22.9 Å². The number of ether oxygens (including phenoxy) is 1. The zero-order valence-electron chi connectivity index (χ0n) is 10.6. The molecule has 1 aliphatic rings. The second-order valence-corrected chi connectivity index (χ2v) is 6.13. The number of nitrogens with zero attached hydrogens (tertiary/aromatic N) is 3. The van der Waals surface area contributed by atoms with Gasteiger partial charge in [0.25, 0.3) is 5.69 Å². The van der Waals surface area contributed by atoms with Crippen LogP contribution in [0, 0.1) is 27.3 Å². The Morgan fingerprint density at radius 3 is 2.86 bits per heavy atom. The summed E-state index contributed by atoms with van der Waals surface area (Å²) in [4.78, 5) is 9.34. The summed E-state index contributed by atoms with van der Waals surface area (Å²) in [7, 11) is -4.20. The van der Waals surface area contributed by atoms with Crippen molar-refractivity contribution < 1.29 is 22.5 Å². The van der Waals surface area contributed by atoms with E-state index in [2.05, 4.69) is 0 Å². The zero-order chi connectivity index (χ0) is 15.6. The SMILES string of the molecule is N#CC1CN(S(=O)(=O)c2ccc(F)cc2[N+](=O)[O-])CCO1. The summed E-state index contributed by atoms with van der Waals surface area (Å²) in [5.74, 6) is -0.905. The maximum absolute atomic E-state index is 13.1. The molecule has 1 aromatic rings. The molecule has 0 aromatic heterocycles. The first kappa shape index (κ1) is 15.3. The lowest BCUT2D eigenvalue weighted by molar-refractivity contribution is -0.388. The lowest BCUT2D eigenvalue weighted by Gasteiger charge is -2.28. The van der Waals surface area contributed by atoms with E-state index in [0.717, 1.165) is 16.4 Å². The van der Waals surface area contributed by atoms with Gasteiger partial charge in [-0.2, -0.15) is 9.57 Å². The summed E-state index contributed by atoms with van der Waals surface area (Å²) < 4.78 is 43.9. The Hall–Kier alpha value is -2.09. The van der Waals surface area contributed by atoms with Crippen molar-refractivity contribution in [1.82, 2.24) is 4.31 Å². The highest BCUT2D eigenvalue weighted by Crippen LogP contribution is 2.28. The number of sulfonamides is 1. The highest BCUT2D eigenvalue weighted by Gasteiger charge is 2.35. The molecule has 1 unspecified atom stereocenters. The predicted molar refractivity (Wildman–Crippen MR) is 67.2 cm³/mol. The minimum absolute atomic E-state index is 0.00640. The average molecular weight is 315 g/mol. The second-order valence-electron chi connectivity index (χ2n) is 4.22. The number of halogens is 1. The van der Waals surface area contributed by atoms with Crippen LogP contribution >= 0.6 is 0 Å². The molecular formula is C11H10FN3O5S. The van der Waals surface area contributed by atoms with Gasteiger partial charge in [-0.15, -0.1) is 0 Å². The van der Waals surface area contributed by atoms with Gasteiger partial charge >= 0.3 is 0 Å². The number of nitro benzene ring substituents is 1. The number of hydrogen-bond donors (Lipinski definition) is 0. The van der Waals surface area contributed by atoms with E-state index in [4.69, 9.17) is 10.00 Å². The molecule has 1 saturated heterocycles. The number of nitriles is 1. The van der Waals surface area contributed by atoms with E-state index in [-0.39, 0.29) is 19.7 Å². The van der Waals surface area contributed by atoms with E-state index >= 15 is 0 Å². The molecule has 0 radical (unpaired) electrons. The van der Waals surface area contributed by atoms with Gasteiger partial charge in [-0.25, -0.2) is 12.8 Å². The molecule has 112 valence electrons. The van der Waals surface area contributed by atoms with Crippen molar-refractivity contribution in [1.29, 1.82) is 5.26 Å². The molecule has 10 heteroatoms. The normalized spacial score (nSPS) is 19.9. The van der Waals surface area contributed by atoms with Crippen molar-refractivity contribution in [2.75, 3.05) is 19.7 Å². The summed E-state index contributed by atoms with van der Waals surface area (Å²) in [6, 6.07) is 4.01. The van der Waals surface area contributed by atoms with Crippen molar-refractivity contribution in [3.05, 3.63) is 34.1 Å². The molecule has 0 spiro atoms. The van der Waals surface area contributed by atoms with Crippen molar-refractivity contribution >= 4 is 15.7 Å². The van der Waals surface area contributed by atoms with Crippen LogP contribution < -0.4 is 0 Å². The van der Waals surface area contributed by atoms with Crippen molar-refractivity contribution in [2.24, 2.45) is 0 Å². The van der Waals surface area contributed by atoms with E-state index in [0.29, 0.717) is 6.07 Å². The summed E-state index contributed by atoms with van der Waals surface area (Å²) >= 11 is 0. The van der Waals surface area contributed by atoms with Gasteiger partial charge in [0, 0.05) is 6.54 Å². The lowest BCUT2D eigenvalue weighted by atomic mass is 10.3. The first-order chi connectivity index (χ1) is 9.86. The van der Waals surface area contributed by atoms with Gasteiger partial charge in [0.05, 0.1) is 30.2 Å². The number of benzene rings is 1. The molecule has 1 aliphatic heterocycles. The molecule has 1 heterocycles. The smallest absolute Gasteiger partial charge is 0.292 e. The van der Waals surface area contributed by atoms with Crippen LogP contribution in [0.5, 0.6) is 0 Å². The molecule has 1 fully saturated rings. The Morgan fingerprint density at radius 2 is 2.24 bits per heavy atom. The Balaban J connectivity index is 2.45. The van der Waals surface area contributed by atoms with E-state index in [1.54, 1.807) is 6.07 Å². The Labute approximate surface area is 119 Å². The topological polar surface area (TPSA) is 114 Å². The highest BCUT2D eigenvalue weighted by molar-refractivity contribution is 7.89. The number of nitro groups is 1. The van der Waals surface area contributed by atoms with Crippen LogP contribution in [0.3, 0.4) is 0 Å². The first-order valence-electron chi connectivity index (χ1n) is 5.81. The summed E-state index contributed by atoms with van der Waals surface area (Å²) in [6.07, 6.45) is -0.937. The van der Waals surface area contributed by atoms with Crippen LogP contribution in [0.15, 0.2) is 23.1 Å².